The monoisotopic (exact) mass is 260 g/mol. The van der Waals surface area contributed by atoms with Crippen LogP contribution in [0.3, 0.4) is 0 Å². The fourth-order valence-corrected chi connectivity index (χ4v) is 2.58. The van der Waals surface area contributed by atoms with Gasteiger partial charge >= 0.3 is 0 Å². The van der Waals surface area contributed by atoms with Gasteiger partial charge in [-0.2, -0.15) is 0 Å². The molecular weight excluding hydrogens is 236 g/mol. The maximum Gasteiger partial charge on any atom is 0.123 e. The number of aryl methyl sites for hydroxylation is 1. The number of allylic oxidation sites excluding steroid dienone is 3. The first-order chi connectivity index (χ1) is 8.99. The summed E-state index contributed by atoms with van der Waals surface area (Å²) in [4.78, 5) is 0. The van der Waals surface area contributed by atoms with E-state index in [2.05, 4.69) is 19.6 Å². The van der Waals surface area contributed by atoms with Crippen molar-refractivity contribution in [2.24, 2.45) is 0 Å². The number of phenols is 2. The van der Waals surface area contributed by atoms with E-state index < -0.39 is 0 Å². The maximum atomic E-state index is 9.92. The Labute approximate surface area is 116 Å². The van der Waals surface area contributed by atoms with Crippen LogP contribution in [0.5, 0.6) is 11.5 Å². The number of hydrogen-bond donors (Lipinski definition) is 2. The van der Waals surface area contributed by atoms with Gasteiger partial charge in [-0.15, -0.1) is 6.58 Å². The van der Waals surface area contributed by atoms with Crippen LogP contribution in [0.2, 0.25) is 0 Å². The fraction of sp³-hybridized carbons (Fsp3) is 0.412. The van der Waals surface area contributed by atoms with Crippen molar-refractivity contribution in [2.45, 2.75) is 46.0 Å². The highest BCUT2D eigenvalue weighted by Gasteiger charge is 2.19. The van der Waals surface area contributed by atoms with Crippen LogP contribution in [0.15, 0.2) is 36.4 Å². The third-order valence-electron chi connectivity index (χ3n) is 3.29. The summed E-state index contributed by atoms with van der Waals surface area (Å²) in [7, 11) is 0. The second-order valence-electron chi connectivity index (χ2n) is 5.12. The van der Waals surface area contributed by atoms with Crippen LogP contribution in [0.1, 0.15) is 50.2 Å². The molecule has 1 aromatic rings. The predicted molar refractivity (Wildman–Crippen MR) is 80.7 cm³/mol. The molecule has 2 nitrogen and oxygen atoms in total. The van der Waals surface area contributed by atoms with E-state index >= 15 is 0 Å². The van der Waals surface area contributed by atoms with Gasteiger partial charge in [0.15, 0.2) is 0 Å². The standard InChI is InChI=1S/C14H18O2.C3H6/c1-9-4-3-5-11(6-9)14-10(2)7-12(15)8-13(14)16;1-3-2/h6-8,11,15-16H,3-5H2,1-2H3;3H,1H2,2H3. The number of benzene rings is 1. The van der Waals surface area contributed by atoms with E-state index in [-0.39, 0.29) is 11.5 Å². The number of hydrogen-bond acceptors (Lipinski definition) is 2. The molecule has 0 aromatic heterocycles. The van der Waals surface area contributed by atoms with Crippen molar-refractivity contribution in [3.63, 3.8) is 0 Å². The molecule has 104 valence electrons. The van der Waals surface area contributed by atoms with Crippen LogP contribution in [0.25, 0.3) is 0 Å². The third kappa shape index (κ3) is 4.16. The normalized spacial score (nSPS) is 18.1. The molecule has 2 heteroatoms. The van der Waals surface area contributed by atoms with Crippen LogP contribution in [0, 0.1) is 6.92 Å². The first kappa shape index (κ1) is 15.4. The Balaban J connectivity index is 0.000000550. The van der Waals surface area contributed by atoms with Crippen LogP contribution in [-0.2, 0) is 0 Å². The number of rotatable bonds is 1. The largest absolute Gasteiger partial charge is 0.508 e. The Morgan fingerprint density at radius 1 is 1.26 bits per heavy atom. The second kappa shape index (κ2) is 7.03. The molecule has 1 aliphatic carbocycles. The molecule has 2 rings (SSSR count). The Bertz CT molecular complexity index is 449. The Hall–Kier alpha value is -1.70. The highest BCUT2D eigenvalue weighted by atomic mass is 16.3. The molecule has 1 aliphatic rings. The van der Waals surface area contributed by atoms with E-state index in [1.54, 1.807) is 12.1 Å². The summed E-state index contributed by atoms with van der Waals surface area (Å²) >= 11 is 0. The number of aromatic hydroxyl groups is 2. The maximum absolute atomic E-state index is 9.92. The zero-order valence-corrected chi connectivity index (χ0v) is 12.1. The molecule has 1 aromatic carbocycles. The summed E-state index contributed by atoms with van der Waals surface area (Å²) in [5.41, 5.74) is 3.33. The molecule has 1 unspecified atom stereocenters. The molecule has 1 atom stereocenters. The Kier molecular flexibility index (Phi) is 5.68. The van der Waals surface area contributed by atoms with Crippen molar-refractivity contribution >= 4 is 0 Å². The van der Waals surface area contributed by atoms with Gasteiger partial charge in [0.25, 0.3) is 0 Å². The lowest BCUT2D eigenvalue weighted by Crippen LogP contribution is -2.04. The molecular formula is C17H24O2. The summed E-state index contributed by atoms with van der Waals surface area (Å²) in [6.07, 6.45) is 7.40. The first-order valence-electron chi connectivity index (χ1n) is 6.76. The molecule has 2 N–H and O–H groups in total. The molecule has 0 heterocycles. The summed E-state index contributed by atoms with van der Waals surface area (Å²) < 4.78 is 0. The highest BCUT2D eigenvalue weighted by molar-refractivity contribution is 5.48. The van der Waals surface area contributed by atoms with Crippen LogP contribution >= 0.6 is 0 Å². The molecule has 0 fully saturated rings. The van der Waals surface area contributed by atoms with Crippen molar-refractivity contribution < 1.29 is 10.2 Å². The van der Waals surface area contributed by atoms with Gasteiger partial charge in [0.2, 0.25) is 0 Å². The predicted octanol–water partition coefficient (Wildman–Crippen LogP) is 4.81. The minimum absolute atomic E-state index is 0.135. The van der Waals surface area contributed by atoms with E-state index in [1.807, 2.05) is 13.8 Å². The highest BCUT2D eigenvalue weighted by Crippen LogP contribution is 2.39. The van der Waals surface area contributed by atoms with E-state index in [4.69, 9.17) is 0 Å². The van der Waals surface area contributed by atoms with Gasteiger partial charge in [-0.3, -0.25) is 0 Å². The van der Waals surface area contributed by atoms with Crippen molar-refractivity contribution in [2.75, 3.05) is 0 Å². The average Bonchev–Trinajstić information content (AvgIpc) is 2.28. The van der Waals surface area contributed by atoms with Crippen LogP contribution in [-0.4, -0.2) is 10.2 Å². The minimum atomic E-state index is 0.135. The van der Waals surface area contributed by atoms with E-state index in [1.165, 1.54) is 18.1 Å². The van der Waals surface area contributed by atoms with Crippen molar-refractivity contribution in [1.82, 2.24) is 0 Å². The van der Waals surface area contributed by atoms with Crippen LogP contribution < -0.4 is 0 Å². The Morgan fingerprint density at radius 3 is 2.42 bits per heavy atom. The van der Waals surface area contributed by atoms with E-state index in [0.717, 1.165) is 24.0 Å². The summed E-state index contributed by atoms with van der Waals surface area (Å²) in [5, 5.41) is 19.3. The molecule has 0 spiro atoms. The SMILES string of the molecule is C=CC.CC1=CC(c2c(C)cc(O)cc2O)CCC1. The summed E-state index contributed by atoms with van der Waals surface area (Å²) in [6.45, 7) is 9.32. The van der Waals surface area contributed by atoms with Gasteiger partial charge < -0.3 is 10.2 Å². The average molecular weight is 260 g/mol. The second-order valence-corrected chi connectivity index (χ2v) is 5.12. The van der Waals surface area contributed by atoms with Crippen molar-refractivity contribution in [1.29, 1.82) is 0 Å². The molecule has 0 saturated carbocycles. The first-order valence-corrected chi connectivity index (χ1v) is 6.76. The van der Waals surface area contributed by atoms with Crippen molar-refractivity contribution in [3.8, 4) is 11.5 Å². The van der Waals surface area contributed by atoms with Gasteiger partial charge in [-0.25, -0.2) is 0 Å². The number of phenolic OH excluding ortho intramolecular Hbond substituents is 2. The molecule has 0 saturated heterocycles. The molecule has 0 bridgehead atoms. The van der Waals surface area contributed by atoms with Gasteiger partial charge in [0.1, 0.15) is 11.5 Å². The Morgan fingerprint density at radius 2 is 1.89 bits per heavy atom. The smallest absolute Gasteiger partial charge is 0.123 e. The lowest BCUT2D eigenvalue weighted by atomic mass is 9.83. The van der Waals surface area contributed by atoms with Gasteiger partial charge in [0, 0.05) is 17.5 Å². The van der Waals surface area contributed by atoms with E-state index in [9.17, 15) is 10.2 Å². The lowest BCUT2D eigenvalue weighted by molar-refractivity contribution is 0.440. The summed E-state index contributed by atoms with van der Waals surface area (Å²) in [6, 6.07) is 3.15. The van der Waals surface area contributed by atoms with Crippen molar-refractivity contribution in [3.05, 3.63) is 47.6 Å². The molecule has 19 heavy (non-hydrogen) atoms. The van der Waals surface area contributed by atoms with Gasteiger partial charge in [0.05, 0.1) is 0 Å². The minimum Gasteiger partial charge on any atom is -0.508 e. The molecule has 0 aliphatic heterocycles. The van der Waals surface area contributed by atoms with E-state index in [0.29, 0.717) is 5.92 Å². The molecule has 0 radical (unpaired) electrons. The topological polar surface area (TPSA) is 40.5 Å². The summed E-state index contributed by atoms with van der Waals surface area (Å²) in [5.74, 6) is 0.651. The quantitative estimate of drug-likeness (QED) is 0.711. The fourth-order valence-electron chi connectivity index (χ4n) is 2.58. The molecule has 0 amide bonds. The third-order valence-corrected chi connectivity index (χ3v) is 3.29. The zero-order valence-electron chi connectivity index (χ0n) is 12.1. The van der Waals surface area contributed by atoms with Crippen LogP contribution in [0.4, 0.5) is 0 Å². The van der Waals surface area contributed by atoms with Gasteiger partial charge in [-0.05, 0) is 51.7 Å². The zero-order chi connectivity index (χ0) is 14.4. The van der Waals surface area contributed by atoms with Gasteiger partial charge in [-0.1, -0.05) is 17.7 Å². The lowest BCUT2D eigenvalue weighted by Gasteiger charge is -2.22.